The van der Waals surface area contributed by atoms with Gasteiger partial charge in [-0.2, -0.15) is 0 Å². The Labute approximate surface area is 142 Å². The highest BCUT2D eigenvalue weighted by atomic mass is 16.5. The predicted octanol–water partition coefficient (Wildman–Crippen LogP) is 4.65. The second kappa shape index (κ2) is 5.46. The Hall–Kier alpha value is -0.0800. The van der Waals surface area contributed by atoms with E-state index in [1.165, 1.54) is 38.5 Å². The largest absolute Gasteiger partial charge is 0.393 e. The fourth-order valence-electron chi connectivity index (χ4n) is 7.80. The standard InChI is InChI=1S/C21H36O2/c1-13-5-8-17-16-7-6-14-11-15(22)9-10-20(14,2)19(16)18(23-4)12-21(13,17)3/h13-19,22H,5-12H2,1-4H3/t13-,14-,15+,16-,17-,18-,19+,20-,21+/m0/s1. The lowest BCUT2D eigenvalue weighted by Gasteiger charge is -2.62. The first-order valence-electron chi connectivity index (χ1n) is 10.1. The third-order valence-corrected chi connectivity index (χ3v) is 9.32. The van der Waals surface area contributed by atoms with Crippen molar-refractivity contribution in [3.63, 3.8) is 0 Å². The highest BCUT2D eigenvalue weighted by Gasteiger charge is 2.62. The minimum atomic E-state index is -0.0500. The minimum Gasteiger partial charge on any atom is -0.393 e. The molecular formula is C21H36O2. The van der Waals surface area contributed by atoms with Gasteiger partial charge in [-0.1, -0.05) is 20.8 Å². The summed E-state index contributed by atoms with van der Waals surface area (Å²) in [6.07, 6.45) is 10.5. The molecule has 0 aromatic heterocycles. The van der Waals surface area contributed by atoms with Gasteiger partial charge in [0.15, 0.2) is 0 Å². The normalized spacial score (nSPS) is 59.1. The molecule has 0 bridgehead atoms. The molecule has 0 aliphatic heterocycles. The van der Waals surface area contributed by atoms with Crippen LogP contribution in [0.4, 0.5) is 0 Å². The molecule has 2 nitrogen and oxygen atoms in total. The van der Waals surface area contributed by atoms with Crippen LogP contribution in [0.3, 0.4) is 0 Å². The van der Waals surface area contributed by atoms with E-state index in [0.29, 0.717) is 22.9 Å². The van der Waals surface area contributed by atoms with Gasteiger partial charge in [-0.3, -0.25) is 0 Å². The molecule has 4 rings (SSSR count). The van der Waals surface area contributed by atoms with E-state index >= 15 is 0 Å². The number of ether oxygens (including phenoxy) is 1. The van der Waals surface area contributed by atoms with E-state index in [1.54, 1.807) is 0 Å². The van der Waals surface area contributed by atoms with Crippen molar-refractivity contribution < 1.29 is 9.84 Å². The van der Waals surface area contributed by atoms with Gasteiger partial charge in [0, 0.05) is 7.11 Å². The van der Waals surface area contributed by atoms with Crippen LogP contribution in [-0.4, -0.2) is 24.4 Å². The molecule has 4 aliphatic rings. The third-order valence-electron chi connectivity index (χ3n) is 9.32. The zero-order chi connectivity index (χ0) is 16.4. The number of hydrogen-bond donors (Lipinski definition) is 1. The van der Waals surface area contributed by atoms with Gasteiger partial charge in [0.25, 0.3) is 0 Å². The Morgan fingerprint density at radius 3 is 2.52 bits per heavy atom. The highest BCUT2D eigenvalue weighted by Crippen LogP contribution is 2.67. The molecule has 0 spiro atoms. The van der Waals surface area contributed by atoms with E-state index < -0.39 is 0 Å². The Bertz CT molecular complexity index is 463. The van der Waals surface area contributed by atoms with Crippen LogP contribution in [0, 0.1) is 40.4 Å². The summed E-state index contributed by atoms with van der Waals surface area (Å²) in [4.78, 5) is 0. The number of aliphatic hydroxyl groups is 1. The first-order valence-corrected chi connectivity index (χ1v) is 10.1. The van der Waals surface area contributed by atoms with Crippen LogP contribution in [0.15, 0.2) is 0 Å². The summed E-state index contributed by atoms with van der Waals surface area (Å²) < 4.78 is 6.16. The van der Waals surface area contributed by atoms with Crippen molar-refractivity contribution in [2.24, 2.45) is 40.4 Å². The second-order valence-corrected chi connectivity index (χ2v) is 9.97. The van der Waals surface area contributed by atoms with E-state index in [-0.39, 0.29) is 6.10 Å². The molecular weight excluding hydrogens is 284 g/mol. The van der Waals surface area contributed by atoms with Gasteiger partial charge in [0.05, 0.1) is 12.2 Å². The summed E-state index contributed by atoms with van der Waals surface area (Å²) in [5, 5.41) is 10.2. The molecule has 4 saturated carbocycles. The van der Waals surface area contributed by atoms with Crippen LogP contribution in [0.2, 0.25) is 0 Å². The second-order valence-electron chi connectivity index (χ2n) is 9.97. The maximum absolute atomic E-state index is 10.2. The fourth-order valence-corrected chi connectivity index (χ4v) is 7.80. The molecule has 1 N–H and O–H groups in total. The molecule has 0 radical (unpaired) electrons. The first kappa shape index (κ1) is 16.4. The summed E-state index contributed by atoms with van der Waals surface area (Å²) in [5.74, 6) is 4.07. The number of hydrogen-bond acceptors (Lipinski definition) is 2. The molecule has 2 heteroatoms. The van der Waals surface area contributed by atoms with Gasteiger partial charge in [0.2, 0.25) is 0 Å². The van der Waals surface area contributed by atoms with Gasteiger partial charge in [0.1, 0.15) is 0 Å². The maximum atomic E-state index is 10.2. The van der Waals surface area contributed by atoms with Crippen molar-refractivity contribution in [2.45, 2.75) is 84.3 Å². The van der Waals surface area contributed by atoms with Crippen molar-refractivity contribution in [3.05, 3.63) is 0 Å². The number of aliphatic hydroxyl groups excluding tert-OH is 1. The zero-order valence-electron chi connectivity index (χ0n) is 15.6. The lowest BCUT2D eigenvalue weighted by Crippen LogP contribution is -2.59. The SMILES string of the molecule is CO[C@H]1C[C@]2(C)[C@@H](C)CC[C@H]2[C@@H]2CC[C@H]3C[C@H](O)CC[C@]3(C)[C@H]21. The smallest absolute Gasteiger partial charge is 0.0612 e. The Balaban J connectivity index is 1.70. The van der Waals surface area contributed by atoms with Gasteiger partial charge in [-0.05, 0) is 91.8 Å². The van der Waals surface area contributed by atoms with Gasteiger partial charge < -0.3 is 9.84 Å². The fraction of sp³-hybridized carbons (Fsp3) is 1.00. The number of methoxy groups -OCH3 is 1. The molecule has 0 aromatic rings. The van der Waals surface area contributed by atoms with Crippen LogP contribution >= 0.6 is 0 Å². The van der Waals surface area contributed by atoms with Crippen molar-refractivity contribution >= 4 is 0 Å². The summed E-state index contributed by atoms with van der Waals surface area (Å²) in [5.41, 5.74) is 0.898. The molecule has 0 amide bonds. The average Bonchev–Trinajstić information content (AvgIpc) is 2.82. The predicted molar refractivity (Wildman–Crippen MR) is 93.1 cm³/mol. The summed E-state index contributed by atoms with van der Waals surface area (Å²) >= 11 is 0. The molecule has 0 heterocycles. The third kappa shape index (κ3) is 2.20. The molecule has 9 atom stereocenters. The molecule has 23 heavy (non-hydrogen) atoms. The van der Waals surface area contributed by atoms with Crippen molar-refractivity contribution in [3.8, 4) is 0 Å². The monoisotopic (exact) mass is 320 g/mol. The molecule has 132 valence electrons. The van der Waals surface area contributed by atoms with E-state index in [9.17, 15) is 5.11 Å². The van der Waals surface area contributed by atoms with Crippen LogP contribution in [0.1, 0.15) is 72.1 Å². The molecule has 0 saturated heterocycles. The van der Waals surface area contributed by atoms with Crippen molar-refractivity contribution in [2.75, 3.05) is 7.11 Å². The van der Waals surface area contributed by atoms with Crippen LogP contribution in [0.5, 0.6) is 0 Å². The summed E-state index contributed by atoms with van der Waals surface area (Å²) in [7, 11) is 1.95. The van der Waals surface area contributed by atoms with Gasteiger partial charge in [-0.15, -0.1) is 0 Å². The highest BCUT2D eigenvalue weighted by molar-refractivity contribution is 5.11. The van der Waals surface area contributed by atoms with Crippen LogP contribution < -0.4 is 0 Å². The van der Waals surface area contributed by atoms with E-state index in [2.05, 4.69) is 20.8 Å². The zero-order valence-corrected chi connectivity index (χ0v) is 15.6. The Morgan fingerprint density at radius 1 is 1.00 bits per heavy atom. The summed E-state index contributed by atoms with van der Waals surface area (Å²) in [6, 6.07) is 0. The molecule has 0 unspecified atom stereocenters. The van der Waals surface area contributed by atoms with E-state index in [4.69, 9.17) is 4.74 Å². The lowest BCUT2D eigenvalue weighted by atomic mass is 9.44. The van der Waals surface area contributed by atoms with E-state index in [0.717, 1.165) is 36.5 Å². The topological polar surface area (TPSA) is 29.5 Å². The van der Waals surface area contributed by atoms with Crippen molar-refractivity contribution in [1.29, 1.82) is 0 Å². The molecule has 4 fully saturated rings. The van der Waals surface area contributed by atoms with Gasteiger partial charge in [-0.25, -0.2) is 0 Å². The lowest BCUT2D eigenvalue weighted by molar-refractivity contribution is -0.184. The number of fused-ring (bicyclic) bond motifs is 5. The Morgan fingerprint density at radius 2 is 1.78 bits per heavy atom. The summed E-state index contributed by atoms with van der Waals surface area (Å²) in [6.45, 7) is 7.60. The number of rotatable bonds is 1. The first-order chi connectivity index (χ1) is 10.9. The van der Waals surface area contributed by atoms with Crippen LogP contribution in [-0.2, 0) is 4.74 Å². The van der Waals surface area contributed by atoms with Crippen LogP contribution in [0.25, 0.3) is 0 Å². The molecule has 0 aromatic carbocycles. The van der Waals surface area contributed by atoms with Gasteiger partial charge >= 0.3 is 0 Å². The minimum absolute atomic E-state index is 0.0500. The van der Waals surface area contributed by atoms with Crippen molar-refractivity contribution in [1.82, 2.24) is 0 Å². The maximum Gasteiger partial charge on any atom is 0.0612 e. The van der Waals surface area contributed by atoms with E-state index in [1.807, 2.05) is 7.11 Å². The quantitative estimate of drug-likeness (QED) is 0.762. The Kier molecular flexibility index (Phi) is 3.89. The molecule has 4 aliphatic carbocycles. The average molecular weight is 321 g/mol.